The van der Waals surface area contributed by atoms with Crippen molar-refractivity contribution >= 4 is 28.6 Å². The zero-order chi connectivity index (χ0) is 24.1. The average Bonchev–Trinajstić information content (AvgIpc) is 3.36. The van der Waals surface area contributed by atoms with Crippen molar-refractivity contribution in [1.82, 2.24) is 9.55 Å². The number of ether oxygens (including phenoxy) is 2. The lowest BCUT2D eigenvalue weighted by atomic mass is 9.99. The lowest BCUT2D eigenvalue weighted by molar-refractivity contribution is 0.101. The number of nitrogens with zero attached hydrogens (tertiary/aromatic N) is 3. The van der Waals surface area contributed by atoms with Gasteiger partial charge in [0.2, 0.25) is 5.78 Å². The Hall–Kier alpha value is -4.30. The van der Waals surface area contributed by atoms with Crippen LogP contribution in [-0.2, 0) is 11.8 Å². The topological polar surface area (TPSA) is 97.0 Å². The molecule has 0 radical (unpaired) electrons. The van der Waals surface area contributed by atoms with Gasteiger partial charge in [-0.25, -0.2) is 4.98 Å². The third kappa shape index (κ3) is 3.59. The Morgan fingerprint density at radius 3 is 2.69 bits per heavy atom. The van der Waals surface area contributed by atoms with E-state index in [9.17, 15) is 15.0 Å². The maximum absolute atomic E-state index is 13.0. The van der Waals surface area contributed by atoms with Crippen LogP contribution < -0.4 is 9.64 Å². The van der Waals surface area contributed by atoms with Crippen LogP contribution in [-0.4, -0.2) is 51.9 Å². The van der Waals surface area contributed by atoms with Crippen LogP contribution in [0.3, 0.4) is 0 Å². The summed E-state index contributed by atoms with van der Waals surface area (Å²) >= 11 is 0. The SMILES string of the molecule is Cn1cc(C=C2Oc3cc(O)cc(O)c3C2=O)c2c(-c3ccc(N4CCOCC4)nc3)cccc21. The first kappa shape index (κ1) is 21.2. The Labute approximate surface area is 201 Å². The lowest BCUT2D eigenvalue weighted by Gasteiger charge is -2.27. The quantitative estimate of drug-likeness (QED) is 0.436. The van der Waals surface area contributed by atoms with Crippen LogP contribution in [0.25, 0.3) is 28.1 Å². The molecule has 1 saturated heterocycles. The molecule has 0 bridgehead atoms. The van der Waals surface area contributed by atoms with Crippen molar-refractivity contribution in [2.45, 2.75) is 0 Å². The third-order valence-electron chi connectivity index (χ3n) is 6.46. The maximum atomic E-state index is 13.0. The van der Waals surface area contributed by atoms with Crippen LogP contribution in [0, 0.1) is 0 Å². The van der Waals surface area contributed by atoms with E-state index >= 15 is 0 Å². The summed E-state index contributed by atoms with van der Waals surface area (Å²) in [5.41, 5.74) is 3.80. The van der Waals surface area contributed by atoms with Gasteiger partial charge in [0.15, 0.2) is 5.76 Å². The van der Waals surface area contributed by atoms with E-state index in [1.54, 1.807) is 6.08 Å². The van der Waals surface area contributed by atoms with Crippen molar-refractivity contribution in [1.29, 1.82) is 0 Å². The minimum absolute atomic E-state index is 0.0532. The van der Waals surface area contributed by atoms with E-state index in [1.807, 2.05) is 48.3 Å². The smallest absolute Gasteiger partial charge is 0.235 e. The average molecular weight is 469 g/mol. The number of fused-ring (bicyclic) bond motifs is 2. The van der Waals surface area contributed by atoms with E-state index in [1.165, 1.54) is 6.07 Å². The first-order chi connectivity index (χ1) is 17.0. The van der Waals surface area contributed by atoms with Crippen LogP contribution >= 0.6 is 0 Å². The second-order valence-corrected chi connectivity index (χ2v) is 8.68. The van der Waals surface area contributed by atoms with Crippen LogP contribution in [0.15, 0.2) is 60.6 Å². The molecule has 6 rings (SSSR count). The van der Waals surface area contributed by atoms with Gasteiger partial charge in [0.05, 0.1) is 13.2 Å². The summed E-state index contributed by atoms with van der Waals surface area (Å²) in [6.45, 7) is 3.05. The number of phenolic OH excluding ortho intramolecular Hbond substituents is 2. The number of hydrogen-bond acceptors (Lipinski definition) is 7. The van der Waals surface area contributed by atoms with Gasteiger partial charge in [-0.1, -0.05) is 12.1 Å². The van der Waals surface area contributed by atoms with Crippen molar-refractivity contribution < 1.29 is 24.5 Å². The molecule has 35 heavy (non-hydrogen) atoms. The van der Waals surface area contributed by atoms with E-state index in [0.717, 1.165) is 52.6 Å². The van der Waals surface area contributed by atoms with E-state index in [-0.39, 0.29) is 28.6 Å². The second-order valence-electron chi connectivity index (χ2n) is 8.68. The van der Waals surface area contributed by atoms with Crippen molar-refractivity contribution in [3.63, 3.8) is 0 Å². The van der Waals surface area contributed by atoms with Gasteiger partial charge in [-0.2, -0.15) is 0 Å². The number of benzene rings is 2. The molecule has 2 N–H and O–H groups in total. The number of Topliss-reactive ketones (excluding diaryl/α,β-unsaturated/α-hetero) is 1. The van der Waals surface area contributed by atoms with E-state index in [4.69, 9.17) is 14.5 Å². The number of aryl methyl sites for hydroxylation is 1. The number of hydrogen-bond donors (Lipinski definition) is 2. The number of ketones is 1. The van der Waals surface area contributed by atoms with Gasteiger partial charge >= 0.3 is 0 Å². The molecule has 176 valence electrons. The highest BCUT2D eigenvalue weighted by molar-refractivity contribution is 6.17. The third-order valence-corrected chi connectivity index (χ3v) is 6.46. The molecular weight excluding hydrogens is 446 g/mol. The molecule has 8 nitrogen and oxygen atoms in total. The fraction of sp³-hybridized carbons (Fsp3) is 0.185. The van der Waals surface area contributed by atoms with E-state index in [2.05, 4.69) is 11.0 Å². The fourth-order valence-corrected chi connectivity index (χ4v) is 4.77. The molecule has 0 atom stereocenters. The van der Waals surface area contributed by atoms with Gasteiger partial charge in [0.25, 0.3) is 0 Å². The van der Waals surface area contributed by atoms with Gasteiger partial charge in [0.1, 0.15) is 28.6 Å². The summed E-state index contributed by atoms with van der Waals surface area (Å²) in [6.07, 6.45) is 5.49. The molecule has 8 heteroatoms. The Kier molecular flexibility index (Phi) is 4.96. The summed E-state index contributed by atoms with van der Waals surface area (Å²) in [5, 5.41) is 20.9. The Morgan fingerprint density at radius 1 is 1.09 bits per heavy atom. The molecule has 0 spiro atoms. The summed E-state index contributed by atoms with van der Waals surface area (Å²) in [4.78, 5) is 19.9. The predicted molar refractivity (Wildman–Crippen MR) is 132 cm³/mol. The fourth-order valence-electron chi connectivity index (χ4n) is 4.77. The maximum Gasteiger partial charge on any atom is 0.235 e. The predicted octanol–water partition coefficient (Wildman–Crippen LogP) is 4.10. The van der Waals surface area contributed by atoms with E-state index in [0.29, 0.717) is 13.2 Å². The van der Waals surface area contributed by atoms with Crippen LogP contribution in [0.5, 0.6) is 17.2 Å². The van der Waals surface area contributed by atoms with Gasteiger partial charge in [-0.05, 0) is 29.8 Å². The molecule has 1 fully saturated rings. The zero-order valence-electron chi connectivity index (χ0n) is 19.1. The molecule has 4 aromatic rings. The normalized spacial score (nSPS) is 16.7. The van der Waals surface area contributed by atoms with Crippen molar-refractivity contribution in [3.05, 3.63) is 71.7 Å². The number of phenols is 2. The number of aromatic hydroxyl groups is 2. The number of anilines is 1. The standard InChI is InChI=1S/C27H23N3O5/c1-29-15-17(11-23-27(33)26-21(32)12-18(31)13-22(26)35-23)25-19(3-2-4-20(25)29)16-5-6-24(28-14-16)30-7-9-34-10-8-30/h2-6,11-15,31-32H,7-10H2,1H3. The highest BCUT2D eigenvalue weighted by Gasteiger charge is 2.31. The molecule has 2 aliphatic heterocycles. The Bertz CT molecular complexity index is 1500. The summed E-state index contributed by atoms with van der Waals surface area (Å²) in [7, 11) is 1.95. The molecule has 0 unspecified atom stereocenters. The highest BCUT2D eigenvalue weighted by Crippen LogP contribution is 2.41. The van der Waals surface area contributed by atoms with Crippen LogP contribution in [0.1, 0.15) is 15.9 Å². The van der Waals surface area contributed by atoms with Gasteiger partial charge in [0, 0.05) is 66.7 Å². The largest absolute Gasteiger partial charge is 0.508 e. The number of carbonyl (C=O) groups excluding carboxylic acids is 1. The van der Waals surface area contributed by atoms with Crippen molar-refractivity contribution in [2.75, 3.05) is 31.2 Å². The van der Waals surface area contributed by atoms with E-state index < -0.39 is 5.78 Å². The lowest BCUT2D eigenvalue weighted by Crippen LogP contribution is -2.36. The number of allylic oxidation sites excluding steroid dienone is 1. The molecule has 0 saturated carbocycles. The first-order valence-electron chi connectivity index (χ1n) is 11.4. The highest BCUT2D eigenvalue weighted by atomic mass is 16.5. The molecule has 0 amide bonds. The van der Waals surface area contributed by atoms with Crippen molar-refractivity contribution in [2.24, 2.45) is 7.05 Å². The molecule has 0 aliphatic carbocycles. The Morgan fingerprint density at radius 2 is 1.91 bits per heavy atom. The van der Waals surface area contributed by atoms with Gasteiger partial charge in [-0.3, -0.25) is 4.79 Å². The summed E-state index contributed by atoms with van der Waals surface area (Å²) < 4.78 is 13.2. The molecule has 2 aromatic carbocycles. The van der Waals surface area contributed by atoms with Crippen LogP contribution in [0.2, 0.25) is 0 Å². The van der Waals surface area contributed by atoms with Gasteiger partial charge in [-0.15, -0.1) is 0 Å². The molecule has 2 aliphatic rings. The minimum atomic E-state index is -0.427. The number of aromatic nitrogens is 2. The van der Waals surface area contributed by atoms with Gasteiger partial charge < -0.3 is 29.2 Å². The number of rotatable bonds is 3. The second kappa shape index (κ2) is 8.18. The molecule has 4 heterocycles. The van der Waals surface area contributed by atoms with Crippen LogP contribution in [0.4, 0.5) is 5.82 Å². The number of morpholine rings is 1. The summed E-state index contributed by atoms with van der Waals surface area (Å²) in [6, 6.07) is 12.6. The van der Waals surface area contributed by atoms with Crippen molar-refractivity contribution in [3.8, 4) is 28.4 Å². The monoisotopic (exact) mass is 469 g/mol. The summed E-state index contributed by atoms with van der Waals surface area (Å²) in [5.74, 6) is 0.245. The molecular formula is C27H23N3O5. The zero-order valence-corrected chi connectivity index (χ0v) is 19.1. The first-order valence-corrected chi connectivity index (χ1v) is 11.4. The molecule has 2 aromatic heterocycles. The Balaban J connectivity index is 1.42. The minimum Gasteiger partial charge on any atom is -0.508 e. The number of pyridine rings is 1. The number of carbonyl (C=O) groups is 1.